The van der Waals surface area contributed by atoms with E-state index in [1.54, 1.807) is 0 Å². The van der Waals surface area contributed by atoms with E-state index in [9.17, 15) is 0 Å². The molecule has 0 radical (unpaired) electrons. The fourth-order valence-corrected chi connectivity index (χ4v) is 0.485. The summed E-state index contributed by atoms with van der Waals surface area (Å²) in [6.07, 6.45) is 0.594. The highest BCUT2D eigenvalue weighted by atomic mass is 19.0. The van der Waals surface area contributed by atoms with Crippen LogP contribution >= 0.6 is 0 Å². The fourth-order valence-electron chi connectivity index (χ4n) is 0.485. The number of hydrogen-bond acceptors (Lipinski definition) is 3. The molecular formula is C6H15FO3. The zero-order valence-electron chi connectivity index (χ0n) is 6.08. The lowest BCUT2D eigenvalue weighted by Crippen LogP contribution is -2.32. The molecule has 0 atom stereocenters. The molecule has 0 rings (SSSR count). The minimum atomic E-state index is -0.667. The van der Waals surface area contributed by atoms with Crippen molar-refractivity contribution >= 4 is 0 Å². The summed E-state index contributed by atoms with van der Waals surface area (Å²) in [6, 6.07) is 0. The van der Waals surface area contributed by atoms with Gasteiger partial charge in [0.15, 0.2) is 0 Å². The van der Waals surface area contributed by atoms with Gasteiger partial charge in [0.1, 0.15) is 0 Å². The van der Waals surface area contributed by atoms with E-state index in [4.69, 9.17) is 15.3 Å². The van der Waals surface area contributed by atoms with Gasteiger partial charge in [-0.2, -0.15) is 0 Å². The van der Waals surface area contributed by atoms with E-state index in [1.807, 2.05) is 6.92 Å². The quantitative estimate of drug-likeness (QED) is 0.512. The van der Waals surface area contributed by atoms with Gasteiger partial charge in [-0.3, -0.25) is 4.70 Å². The summed E-state index contributed by atoms with van der Waals surface area (Å²) in [5, 5.41) is 26.0. The Kier molecular flexibility index (Phi) is 6.97. The number of halogens is 1. The lowest BCUT2D eigenvalue weighted by molar-refractivity contribution is 0.00304. The van der Waals surface area contributed by atoms with Gasteiger partial charge < -0.3 is 15.3 Å². The van der Waals surface area contributed by atoms with Gasteiger partial charge in [-0.1, -0.05) is 6.92 Å². The summed E-state index contributed by atoms with van der Waals surface area (Å²) >= 11 is 0. The van der Waals surface area contributed by atoms with E-state index >= 15 is 0 Å². The maximum absolute atomic E-state index is 8.66. The van der Waals surface area contributed by atoms with Crippen LogP contribution in [0.4, 0.5) is 4.70 Å². The summed E-state index contributed by atoms with van der Waals surface area (Å²) < 4.78 is 0. The van der Waals surface area contributed by atoms with Crippen molar-refractivity contribution in [3.05, 3.63) is 0 Å². The second-order valence-corrected chi connectivity index (χ2v) is 2.33. The van der Waals surface area contributed by atoms with Crippen LogP contribution in [0.3, 0.4) is 0 Å². The van der Waals surface area contributed by atoms with Crippen LogP contribution in [0.25, 0.3) is 0 Å². The van der Waals surface area contributed by atoms with Crippen LogP contribution in [-0.2, 0) is 0 Å². The Hall–Kier alpha value is -0.190. The van der Waals surface area contributed by atoms with Crippen LogP contribution in [0.15, 0.2) is 0 Å². The predicted octanol–water partition coefficient (Wildman–Crippen LogP) is -0.488. The van der Waals surface area contributed by atoms with Crippen LogP contribution in [0.5, 0.6) is 0 Å². The van der Waals surface area contributed by atoms with E-state index in [0.29, 0.717) is 6.42 Å². The third-order valence-electron chi connectivity index (χ3n) is 1.76. The Balaban J connectivity index is 0. The predicted molar refractivity (Wildman–Crippen MR) is 36.5 cm³/mol. The van der Waals surface area contributed by atoms with E-state index < -0.39 is 5.41 Å². The van der Waals surface area contributed by atoms with Crippen LogP contribution in [0.2, 0.25) is 0 Å². The Morgan fingerprint density at radius 2 is 1.30 bits per heavy atom. The first-order valence-electron chi connectivity index (χ1n) is 3.07. The summed E-state index contributed by atoms with van der Waals surface area (Å²) in [7, 11) is 0. The first kappa shape index (κ1) is 12.5. The first-order valence-corrected chi connectivity index (χ1v) is 3.07. The third kappa shape index (κ3) is 2.60. The molecule has 0 aliphatic rings. The summed E-state index contributed by atoms with van der Waals surface area (Å²) in [4.78, 5) is 0. The molecule has 64 valence electrons. The second kappa shape index (κ2) is 5.58. The van der Waals surface area contributed by atoms with Gasteiger partial charge in [0.2, 0.25) is 0 Å². The van der Waals surface area contributed by atoms with Crippen molar-refractivity contribution < 1.29 is 20.0 Å². The smallest absolute Gasteiger partial charge is 0.0531 e. The lowest BCUT2D eigenvalue weighted by atomic mass is 9.88. The molecule has 0 amide bonds. The van der Waals surface area contributed by atoms with Gasteiger partial charge in [-0.05, 0) is 6.42 Å². The Bertz CT molecular complexity index is 55.9. The maximum atomic E-state index is 8.66. The Labute approximate surface area is 59.7 Å². The lowest BCUT2D eigenvalue weighted by Gasteiger charge is -2.24. The Morgan fingerprint density at radius 3 is 1.30 bits per heavy atom. The number of rotatable bonds is 4. The van der Waals surface area contributed by atoms with Crippen molar-refractivity contribution in [2.24, 2.45) is 5.41 Å². The number of aliphatic hydroxyl groups is 3. The zero-order valence-corrected chi connectivity index (χ0v) is 6.08. The molecule has 10 heavy (non-hydrogen) atoms. The topological polar surface area (TPSA) is 60.7 Å². The Morgan fingerprint density at radius 1 is 1.00 bits per heavy atom. The average molecular weight is 154 g/mol. The average Bonchev–Trinajstić information content (AvgIpc) is 1.95. The molecule has 3 nitrogen and oxygen atoms in total. The van der Waals surface area contributed by atoms with Crippen LogP contribution in [-0.4, -0.2) is 35.1 Å². The highest BCUT2D eigenvalue weighted by molar-refractivity contribution is 4.74. The monoisotopic (exact) mass is 154 g/mol. The van der Waals surface area contributed by atoms with Crippen molar-refractivity contribution in [2.45, 2.75) is 13.3 Å². The molecule has 4 heteroatoms. The molecule has 0 heterocycles. The molecule has 0 unspecified atom stereocenters. The van der Waals surface area contributed by atoms with Gasteiger partial charge in [0.25, 0.3) is 0 Å². The van der Waals surface area contributed by atoms with Crippen molar-refractivity contribution in [1.29, 1.82) is 0 Å². The molecule has 0 aliphatic heterocycles. The largest absolute Gasteiger partial charge is 0.396 e. The van der Waals surface area contributed by atoms with E-state index in [1.165, 1.54) is 0 Å². The maximum Gasteiger partial charge on any atom is 0.0531 e. The van der Waals surface area contributed by atoms with Gasteiger partial charge in [0.05, 0.1) is 19.8 Å². The van der Waals surface area contributed by atoms with Crippen molar-refractivity contribution in [3.8, 4) is 0 Å². The summed E-state index contributed by atoms with van der Waals surface area (Å²) in [5.74, 6) is 0. The van der Waals surface area contributed by atoms with Crippen molar-refractivity contribution in [2.75, 3.05) is 19.8 Å². The molecule has 0 bridgehead atoms. The fraction of sp³-hybridized carbons (Fsp3) is 1.00. The van der Waals surface area contributed by atoms with E-state index in [2.05, 4.69) is 0 Å². The van der Waals surface area contributed by atoms with Crippen LogP contribution < -0.4 is 0 Å². The summed E-state index contributed by atoms with van der Waals surface area (Å²) in [6.45, 7) is 1.35. The second-order valence-electron chi connectivity index (χ2n) is 2.33. The molecule has 0 fully saturated rings. The van der Waals surface area contributed by atoms with Crippen LogP contribution in [0.1, 0.15) is 13.3 Å². The normalized spacial score (nSPS) is 10.8. The minimum Gasteiger partial charge on any atom is -0.396 e. The molecule has 0 saturated heterocycles. The van der Waals surface area contributed by atoms with Crippen LogP contribution in [0, 0.1) is 5.41 Å². The van der Waals surface area contributed by atoms with E-state index in [-0.39, 0.29) is 24.5 Å². The SMILES string of the molecule is CCC(CO)(CO)CO.F. The standard InChI is InChI=1S/C6H14O3.FH/c1-2-6(3-7,4-8)5-9;/h7-9H,2-5H2,1H3;1H. The number of aliphatic hydroxyl groups excluding tert-OH is 3. The van der Waals surface area contributed by atoms with Gasteiger partial charge in [0, 0.05) is 5.41 Å². The molecule has 0 aromatic heterocycles. The van der Waals surface area contributed by atoms with Gasteiger partial charge in [-0.15, -0.1) is 0 Å². The molecule has 0 aromatic rings. The molecule has 0 aliphatic carbocycles. The molecule has 3 N–H and O–H groups in total. The van der Waals surface area contributed by atoms with Crippen molar-refractivity contribution in [3.63, 3.8) is 0 Å². The first-order chi connectivity index (χ1) is 4.24. The van der Waals surface area contributed by atoms with Crippen molar-refractivity contribution in [1.82, 2.24) is 0 Å². The zero-order chi connectivity index (χ0) is 7.33. The molecule has 0 saturated carbocycles. The third-order valence-corrected chi connectivity index (χ3v) is 1.76. The minimum absolute atomic E-state index is 0. The molecule has 0 spiro atoms. The molecular weight excluding hydrogens is 139 g/mol. The number of hydrogen-bond donors (Lipinski definition) is 3. The van der Waals surface area contributed by atoms with E-state index in [0.717, 1.165) is 0 Å². The highest BCUT2D eigenvalue weighted by Crippen LogP contribution is 2.18. The van der Waals surface area contributed by atoms with Gasteiger partial charge >= 0.3 is 0 Å². The molecule has 0 aromatic carbocycles. The van der Waals surface area contributed by atoms with Gasteiger partial charge in [-0.25, -0.2) is 0 Å². The highest BCUT2D eigenvalue weighted by Gasteiger charge is 2.24. The summed E-state index contributed by atoms with van der Waals surface area (Å²) in [5.41, 5.74) is -0.667.